The second-order valence-electron chi connectivity index (χ2n) is 3.99. The van der Waals surface area contributed by atoms with E-state index in [4.69, 9.17) is 11.5 Å². The molecule has 98 valence electrons. The molecule has 1 heterocycles. The van der Waals surface area contributed by atoms with Gasteiger partial charge in [-0.05, 0) is 6.92 Å². The van der Waals surface area contributed by atoms with Gasteiger partial charge in [0.05, 0.1) is 5.56 Å². The minimum absolute atomic E-state index is 0.0269. The van der Waals surface area contributed by atoms with E-state index >= 15 is 0 Å². The maximum Gasteiger partial charge on any atom is 0.290 e. The van der Waals surface area contributed by atoms with Gasteiger partial charge in [0.2, 0.25) is 0 Å². The second-order valence-corrected chi connectivity index (χ2v) is 3.99. The summed E-state index contributed by atoms with van der Waals surface area (Å²) in [6.07, 6.45) is 0. The number of aryl methyl sites for hydroxylation is 1. The third-order valence-corrected chi connectivity index (χ3v) is 2.78. The average molecular weight is 258 g/mol. The van der Waals surface area contributed by atoms with Crippen LogP contribution in [0.4, 0.5) is 5.69 Å². The summed E-state index contributed by atoms with van der Waals surface area (Å²) in [4.78, 5) is 23.4. The number of nitrogens with two attached hydrogens (primary N) is 2. The Hall–Kier alpha value is -2.63. The molecule has 0 spiro atoms. The third kappa shape index (κ3) is 2.20. The molecule has 2 aromatic rings. The molecule has 1 aromatic carbocycles. The van der Waals surface area contributed by atoms with E-state index in [1.807, 2.05) is 6.07 Å². The van der Waals surface area contributed by atoms with E-state index in [1.165, 1.54) is 4.68 Å². The van der Waals surface area contributed by atoms with Crippen LogP contribution in [0.5, 0.6) is 0 Å². The summed E-state index contributed by atoms with van der Waals surface area (Å²) in [5.74, 6) is -0.760. The number of anilines is 1. The zero-order valence-electron chi connectivity index (χ0n) is 10.5. The van der Waals surface area contributed by atoms with Crippen molar-refractivity contribution in [1.82, 2.24) is 9.78 Å². The quantitative estimate of drug-likeness (QED) is 0.841. The first kappa shape index (κ1) is 12.8. The van der Waals surface area contributed by atoms with Crippen LogP contribution in [-0.4, -0.2) is 15.7 Å². The Labute approximate surface area is 109 Å². The Bertz CT molecular complexity index is 677. The van der Waals surface area contributed by atoms with E-state index in [-0.39, 0.29) is 11.3 Å². The lowest BCUT2D eigenvalue weighted by molar-refractivity contribution is 0.100. The van der Waals surface area contributed by atoms with Gasteiger partial charge in [-0.15, -0.1) is 0 Å². The van der Waals surface area contributed by atoms with E-state index < -0.39 is 11.5 Å². The largest absolute Gasteiger partial charge is 0.393 e. The first-order valence-electron chi connectivity index (χ1n) is 5.82. The van der Waals surface area contributed by atoms with Crippen LogP contribution in [-0.2, 0) is 6.54 Å². The van der Waals surface area contributed by atoms with E-state index in [1.54, 1.807) is 31.2 Å². The summed E-state index contributed by atoms with van der Waals surface area (Å²) < 4.78 is 1.21. The lowest BCUT2D eigenvalue weighted by atomic mass is 10.0. The number of hydrogen-bond acceptors (Lipinski definition) is 4. The van der Waals surface area contributed by atoms with E-state index in [2.05, 4.69) is 5.10 Å². The molecule has 0 aliphatic rings. The maximum absolute atomic E-state index is 11.9. The van der Waals surface area contributed by atoms with Crippen LogP contribution in [0.1, 0.15) is 17.3 Å². The number of carbonyl (C=O) groups is 1. The number of primary amides is 1. The monoisotopic (exact) mass is 258 g/mol. The van der Waals surface area contributed by atoms with Gasteiger partial charge >= 0.3 is 0 Å². The van der Waals surface area contributed by atoms with Gasteiger partial charge < -0.3 is 11.5 Å². The average Bonchev–Trinajstić information content (AvgIpc) is 2.42. The van der Waals surface area contributed by atoms with Crippen molar-refractivity contribution in [2.75, 3.05) is 5.73 Å². The SMILES string of the molecule is CCn1nc(-c2ccccc2)c(C(N)=O)c(N)c1=O. The predicted molar refractivity (Wildman–Crippen MR) is 72.5 cm³/mol. The summed E-state index contributed by atoms with van der Waals surface area (Å²) in [5.41, 5.74) is 11.3. The zero-order chi connectivity index (χ0) is 14.0. The Morgan fingerprint density at radius 1 is 1.32 bits per heavy atom. The first-order chi connectivity index (χ1) is 9.06. The molecule has 1 amide bonds. The van der Waals surface area contributed by atoms with Crippen molar-refractivity contribution in [3.05, 3.63) is 46.2 Å². The Morgan fingerprint density at radius 2 is 1.95 bits per heavy atom. The lowest BCUT2D eigenvalue weighted by Crippen LogP contribution is -2.30. The molecule has 2 rings (SSSR count). The summed E-state index contributed by atoms with van der Waals surface area (Å²) in [5, 5.41) is 4.17. The molecule has 6 nitrogen and oxygen atoms in total. The second kappa shape index (κ2) is 4.93. The summed E-state index contributed by atoms with van der Waals surface area (Å²) >= 11 is 0. The maximum atomic E-state index is 11.9. The van der Waals surface area contributed by atoms with Gasteiger partial charge in [-0.1, -0.05) is 30.3 Å². The lowest BCUT2D eigenvalue weighted by Gasteiger charge is -2.11. The van der Waals surface area contributed by atoms with Gasteiger partial charge in [-0.3, -0.25) is 9.59 Å². The van der Waals surface area contributed by atoms with Gasteiger partial charge in [-0.25, -0.2) is 4.68 Å². The fourth-order valence-electron chi connectivity index (χ4n) is 1.85. The number of aromatic nitrogens is 2. The number of benzene rings is 1. The van der Waals surface area contributed by atoms with Crippen molar-refractivity contribution < 1.29 is 4.79 Å². The molecule has 0 saturated carbocycles. The Balaban J connectivity index is 2.82. The highest BCUT2D eigenvalue weighted by Gasteiger charge is 2.19. The fourth-order valence-corrected chi connectivity index (χ4v) is 1.85. The number of nitrogen functional groups attached to an aromatic ring is 1. The molecule has 0 aliphatic heterocycles. The molecule has 0 atom stereocenters. The van der Waals surface area contributed by atoms with Gasteiger partial charge in [-0.2, -0.15) is 5.10 Å². The van der Waals surface area contributed by atoms with Crippen molar-refractivity contribution in [1.29, 1.82) is 0 Å². The molecule has 0 radical (unpaired) electrons. The molecule has 4 N–H and O–H groups in total. The highest BCUT2D eigenvalue weighted by Crippen LogP contribution is 2.22. The molecule has 0 saturated heterocycles. The normalized spacial score (nSPS) is 10.4. The van der Waals surface area contributed by atoms with E-state index in [9.17, 15) is 9.59 Å². The molecule has 0 unspecified atom stereocenters. The van der Waals surface area contributed by atoms with Gasteiger partial charge in [0, 0.05) is 12.1 Å². The first-order valence-corrected chi connectivity index (χ1v) is 5.82. The van der Waals surface area contributed by atoms with E-state index in [0.717, 1.165) is 0 Å². The van der Waals surface area contributed by atoms with Gasteiger partial charge in [0.25, 0.3) is 11.5 Å². The fraction of sp³-hybridized carbons (Fsp3) is 0.154. The molecule has 19 heavy (non-hydrogen) atoms. The van der Waals surface area contributed by atoms with E-state index in [0.29, 0.717) is 17.8 Å². The molecule has 1 aromatic heterocycles. The summed E-state index contributed by atoms with van der Waals surface area (Å²) in [6.45, 7) is 2.13. The number of carbonyl (C=O) groups excluding carboxylic acids is 1. The molecular formula is C13H14N4O2. The number of nitrogens with zero attached hydrogens (tertiary/aromatic N) is 2. The van der Waals surface area contributed by atoms with Crippen LogP contribution in [0, 0.1) is 0 Å². The molecule has 6 heteroatoms. The minimum Gasteiger partial charge on any atom is -0.393 e. The van der Waals surface area contributed by atoms with Crippen LogP contribution >= 0.6 is 0 Å². The number of amides is 1. The summed E-state index contributed by atoms with van der Waals surface area (Å²) in [6, 6.07) is 9.00. The number of rotatable bonds is 3. The van der Waals surface area contributed by atoms with Crippen LogP contribution in [0.25, 0.3) is 11.3 Å². The highest BCUT2D eigenvalue weighted by molar-refractivity contribution is 6.03. The van der Waals surface area contributed by atoms with Crippen LogP contribution < -0.4 is 17.0 Å². The summed E-state index contributed by atoms with van der Waals surface area (Å²) in [7, 11) is 0. The Morgan fingerprint density at radius 3 is 2.47 bits per heavy atom. The van der Waals surface area contributed by atoms with Crippen LogP contribution in [0.2, 0.25) is 0 Å². The van der Waals surface area contributed by atoms with Crippen molar-refractivity contribution in [3.8, 4) is 11.3 Å². The van der Waals surface area contributed by atoms with Crippen LogP contribution in [0.3, 0.4) is 0 Å². The smallest absolute Gasteiger partial charge is 0.290 e. The molecular weight excluding hydrogens is 244 g/mol. The van der Waals surface area contributed by atoms with Crippen molar-refractivity contribution >= 4 is 11.6 Å². The minimum atomic E-state index is -0.760. The topological polar surface area (TPSA) is 104 Å². The van der Waals surface area contributed by atoms with Gasteiger partial charge in [0.1, 0.15) is 11.4 Å². The predicted octanol–water partition coefficient (Wildman–Crippen LogP) is 0.611. The Kier molecular flexibility index (Phi) is 3.33. The van der Waals surface area contributed by atoms with Crippen molar-refractivity contribution in [3.63, 3.8) is 0 Å². The van der Waals surface area contributed by atoms with Crippen molar-refractivity contribution in [2.45, 2.75) is 13.5 Å². The van der Waals surface area contributed by atoms with Crippen LogP contribution in [0.15, 0.2) is 35.1 Å². The molecule has 0 aliphatic carbocycles. The van der Waals surface area contributed by atoms with Gasteiger partial charge in [0.15, 0.2) is 0 Å². The molecule has 0 fully saturated rings. The van der Waals surface area contributed by atoms with Crippen molar-refractivity contribution in [2.24, 2.45) is 5.73 Å². The number of hydrogen-bond donors (Lipinski definition) is 2. The molecule has 0 bridgehead atoms. The highest BCUT2D eigenvalue weighted by atomic mass is 16.1. The third-order valence-electron chi connectivity index (χ3n) is 2.78. The zero-order valence-corrected chi connectivity index (χ0v) is 10.5. The standard InChI is InChI=1S/C13H14N4O2/c1-2-17-13(19)10(14)9(12(15)18)11(16-17)8-6-4-3-5-7-8/h3-7H,2,14H2,1H3,(H2,15,18).